The molecule has 0 saturated carbocycles. The molecule has 0 amide bonds. The van der Waals surface area contributed by atoms with Gasteiger partial charge in [0.05, 0.1) is 6.04 Å². The molecular weight excluding hydrogens is 333 g/mol. The summed E-state index contributed by atoms with van der Waals surface area (Å²) >= 11 is 3.34. The molecule has 2 nitrogen and oxygen atoms in total. The summed E-state index contributed by atoms with van der Waals surface area (Å²) in [7, 11) is 0. The number of fused-ring (bicyclic) bond motifs is 1. The Morgan fingerprint density at radius 2 is 1.81 bits per heavy atom. The summed E-state index contributed by atoms with van der Waals surface area (Å²) in [6.07, 6.45) is 1.78. The van der Waals surface area contributed by atoms with Crippen molar-refractivity contribution in [1.29, 1.82) is 0 Å². The quantitative estimate of drug-likeness (QED) is 0.669. The molecule has 0 radical (unpaired) electrons. The van der Waals surface area contributed by atoms with Crippen molar-refractivity contribution in [1.82, 2.24) is 4.57 Å². The first kappa shape index (κ1) is 14.0. The monoisotopic (exact) mass is 345 g/mol. The van der Waals surface area contributed by atoms with Gasteiger partial charge < -0.3 is 4.57 Å². The number of rotatable bonds is 2. The predicted octanol–water partition coefficient (Wildman–Crippen LogP) is 4.51. The van der Waals surface area contributed by atoms with Gasteiger partial charge in [-0.1, -0.05) is 40.2 Å². The van der Waals surface area contributed by atoms with Gasteiger partial charge in [0.25, 0.3) is 5.56 Å². The van der Waals surface area contributed by atoms with Crippen molar-refractivity contribution in [3.63, 3.8) is 0 Å². The lowest BCUT2D eigenvalue weighted by Gasteiger charge is -2.17. The average molecular weight is 346 g/mol. The van der Waals surface area contributed by atoms with Crippen molar-refractivity contribution in [3.05, 3.63) is 80.9 Å². The molecule has 0 aliphatic rings. The zero-order valence-electron chi connectivity index (χ0n) is 11.4. The first-order chi connectivity index (χ1) is 10.1. The number of hydrogen-bond acceptors (Lipinski definition) is 1. The fraction of sp³-hybridized carbons (Fsp3) is 0.118. The van der Waals surface area contributed by atoms with E-state index < -0.39 is 0 Å². The average Bonchev–Trinajstić information content (AvgIpc) is 2.48. The highest BCUT2D eigenvalue weighted by molar-refractivity contribution is 9.10. The van der Waals surface area contributed by atoms with Crippen molar-refractivity contribution in [2.75, 3.05) is 0 Å². The van der Waals surface area contributed by atoms with Gasteiger partial charge in [0.15, 0.2) is 0 Å². The van der Waals surface area contributed by atoms with E-state index in [0.29, 0.717) is 5.56 Å². The third-order valence-electron chi connectivity index (χ3n) is 3.63. The molecule has 106 valence electrons. The van der Waals surface area contributed by atoms with Crippen LogP contribution >= 0.6 is 15.9 Å². The summed E-state index contributed by atoms with van der Waals surface area (Å²) in [5.74, 6) is -0.314. The third-order valence-corrected chi connectivity index (χ3v) is 4.13. The summed E-state index contributed by atoms with van der Waals surface area (Å²) in [6, 6.07) is 13.6. The van der Waals surface area contributed by atoms with Crippen LogP contribution in [0, 0.1) is 5.82 Å². The molecule has 3 rings (SSSR count). The minimum Gasteiger partial charge on any atom is -0.308 e. The molecule has 1 unspecified atom stereocenters. The van der Waals surface area contributed by atoms with E-state index in [1.807, 2.05) is 31.2 Å². The highest BCUT2D eigenvalue weighted by atomic mass is 79.9. The van der Waals surface area contributed by atoms with Crippen LogP contribution in [-0.2, 0) is 0 Å². The Kier molecular flexibility index (Phi) is 3.64. The highest BCUT2D eigenvalue weighted by Crippen LogP contribution is 2.24. The van der Waals surface area contributed by atoms with Gasteiger partial charge in [0.2, 0.25) is 0 Å². The predicted molar refractivity (Wildman–Crippen MR) is 86.1 cm³/mol. The van der Waals surface area contributed by atoms with Crippen LogP contribution < -0.4 is 5.56 Å². The normalized spacial score (nSPS) is 12.5. The second-order valence-electron chi connectivity index (χ2n) is 4.99. The Morgan fingerprint density at radius 1 is 1.10 bits per heavy atom. The van der Waals surface area contributed by atoms with Crippen LogP contribution in [0.15, 0.2) is 64.0 Å². The topological polar surface area (TPSA) is 22.0 Å². The van der Waals surface area contributed by atoms with Gasteiger partial charge in [0.1, 0.15) is 5.82 Å². The van der Waals surface area contributed by atoms with Crippen LogP contribution in [0.3, 0.4) is 0 Å². The maximum Gasteiger partial charge on any atom is 0.251 e. The number of hydrogen-bond donors (Lipinski definition) is 0. The van der Waals surface area contributed by atoms with Crippen LogP contribution in [0.1, 0.15) is 18.5 Å². The molecule has 1 aromatic heterocycles. The molecule has 0 spiro atoms. The van der Waals surface area contributed by atoms with E-state index in [9.17, 15) is 9.18 Å². The van der Waals surface area contributed by atoms with Crippen LogP contribution in [0.25, 0.3) is 10.8 Å². The van der Waals surface area contributed by atoms with Gasteiger partial charge in [-0.3, -0.25) is 4.79 Å². The Labute approximate surface area is 130 Å². The Bertz CT molecular complexity index is 872. The Morgan fingerprint density at radius 3 is 2.57 bits per heavy atom. The van der Waals surface area contributed by atoms with Gasteiger partial charge in [-0.05, 0) is 35.9 Å². The maximum absolute atomic E-state index is 14.0. The molecule has 0 bridgehead atoms. The van der Waals surface area contributed by atoms with E-state index >= 15 is 0 Å². The molecule has 0 fully saturated rings. The molecule has 4 heteroatoms. The number of aromatic nitrogens is 1. The summed E-state index contributed by atoms with van der Waals surface area (Å²) in [5, 5.41) is 1.85. The number of halogens is 2. The lowest BCUT2D eigenvalue weighted by molar-refractivity contribution is 0.549. The van der Waals surface area contributed by atoms with Crippen LogP contribution in [0.2, 0.25) is 0 Å². The molecule has 1 heterocycles. The minimum atomic E-state index is -0.375. The van der Waals surface area contributed by atoms with Crippen molar-refractivity contribution >= 4 is 26.7 Å². The SMILES string of the molecule is CC(c1cc(Br)ccc1F)n1cc2ccccc2cc1=O. The first-order valence-electron chi connectivity index (χ1n) is 6.62. The van der Waals surface area contributed by atoms with Crippen LogP contribution in [0.5, 0.6) is 0 Å². The van der Waals surface area contributed by atoms with Gasteiger partial charge in [0, 0.05) is 22.3 Å². The molecule has 3 aromatic rings. The van der Waals surface area contributed by atoms with Gasteiger partial charge in [-0.2, -0.15) is 0 Å². The van der Waals surface area contributed by atoms with Gasteiger partial charge in [-0.25, -0.2) is 4.39 Å². The van der Waals surface area contributed by atoms with E-state index in [-0.39, 0.29) is 17.4 Å². The minimum absolute atomic E-state index is 0.138. The molecule has 0 saturated heterocycles. The zero-order valence-corrected chi connectivity index (χ0v) is 13.0. The van der Waals surface area contributed by atoms with Crippen molar-refractivity contribution in [2.45, 2.75) is 13.0 Å². The number of pyridine rings is 1. The number of nitrogens with zero attached hydrogens (tertiary/aromatic N) is 1. The van der Waals surface area contributed by atoms with Gasteiger partial charge >= 0.3 is 0 Å². The summed E-state index contributed by atoms with van der Waals surface area (Å²) in [5.41, 5.74) is 0.349. The van der Waals surface area contributed by atoms with Crippen molar-refractivity contribution in [2.24, 2.45) is 0 Å². The fourth-order valence-electron chi connectivity index (χ4n) is 2.47. The van der Waals surface area contributed by atoms with Crippen molar-refractivity contribution in [3.8, 4) is 0 Å². The highest BCUT2D eigenvalue weighted by Gasteiger charge is 2.14. The lowest BCUT2D eigenvalue weighted by atomic mass is 10.1. The van der Waals surface area contributed by atoms with E-state index in [1.54, 1.807) is 29.0 Å². The molecule has 0 aliphatic heterocycles. The van der Waals surface area contributed by atoms with E-state index in [4.69, 9.17) is 0 Å². The molecule has 0 aliphatic carbocycles. The lowest BCUT2D eigenvalue weighted by Crippen LogP contribution is -2.23. The fourth-order valence-corrected chi connectivity index (χ4v) is 2.85. The largest absolute Gasteiger partial charge is 0.308 e. The second-order valence-corrected chi connectivity index (χ2v) is 5.91. The summed E-state index contributed by atoms with van der Waals surface area (Å²) in [6.45, 7) is 1.82. The van der Waals surface area contributed by atoms with E-state index in [1.165, 1.54) is 6.07 Å². The second kappa shape index (κ2) is 5.45. The molecule has 2 aromatic carbocycles. The number of benzene rings is 2. The Balaban J connectivity index is 2.17. The van der Waals surface area contributed by atoms with Crippen LogP contribution in [0.4, 0.5) is 4.39 Å². The molecule has 21 heavy (non-hydrogen) atoms. The van der Waals surface area contributed by atoms with Crippen LogP contribution in [-0.4, -0.2) is 4.57 Å². The van der Waals surface area contributed by atoms with Crippen molar-refractivity contribution < 1.29 is 4.39 Å². The summed E-state index contributed by atoms with van der Waals surface area (Å²) in [4.78, 5) is 12.3. The zero-order chi connectivity index (χ0) is 15.0. The molecule has 1 atom stereocenters. The molecular formula is C17H13BrFNO. The van der Waals surface area contributed by atoms with Gasteiger partial charge in [-0.15, -0.1) is 0 Å². The first-order valence-corrected chi connectivity index (χ1v) is 7.41. The Hall–Kier alpha value is -1.94. The smallest absolute Gasteiger partial charge is 0.251 e. The van der Waals surface area contributed by atoms with E-state index in [0.717, 1.165) is 15.2 Å². The molecule has 0 N–H and O–H groups in total. The van der Waals surface area contributed by atoms with E-state index in [2.05, 4.69) is 15.9 Å². The third kappa shape index (κ3) is 2.63. The maximum atomic E-state index is 14.0. The summed E-state index contributed by atoms with van der Waals surface area (Å²) < 4.78 is 16.4. The standard InChI is InChI=1S/C17H13BrFNO/c1-11(15-9-14(18)6-7-16(15)19)20-10-13-5-3-2-4-12(13)8-17(20)21/h2-11H,1H3.